The zero-order valence-corrected chi connectivity index (χ0v) is 12.9. The smallest absolute Gasteiger partial charge is 0.219 e. The fraction of sp³-hybridized carbons (Fsp3) is 0.353. The SMILES string of the molecule is CCc1ccc(Oc2ccc(Cl)c(CNC3CC3)n2)cc1. The molecule has 3 nitrogen and oxygen atoms in total. The molecular weight excluding hydrogens is 284 g/mol. The van der Waals surface area contributed by atoms with Crippen LogP contribution in [-0.4, -0.2) is 11.0 Å². The van der Waals surface area contributed by atoms with Crippen LogP contribution in [0.3, 0.4) is 0 Å². The van der Waals surface area contributed by atoms with Crippen molar-refractivity contribution in [2.24, 2.45) is 0 Å². The molecular formula is C17H19ClN2O. The van der Waals surface area contributed by atoms with Crippen molar-refractivity contribution in [3.63, 3.8) is 0 Å². The van der Waals surface area contributed by atoms with Crippen molar-refractivity contribution in [3.05, 3.63) is 52.7 Å². The van der Waals surface area contributed by atoms with Crippen LogP contribution >= 0.6 is 11.6 Å². The molecule has 1 fully saturated rings. The van der Waals surface area contributed by atoms with Crippen molar-refractivity contribution >= 4 is 11.6 Å². The topological polar surface area (TPSA) is 34.1 Å². The Hall–Kier alpha value is -1.58. The number of hydrogen-bond donors (Lipinski definition) is 1. The summed E-state index contributed by atoms with van der Waals surface area (Å²) in [5.41, 5.74) is 2.13. The minimum Gasteiger partial charge on any atom is -0.439 e. The Morgan fingerprint density at radius 3 is 2.62 bits per heavy atom. The Morgan fingerprint density at radius 2 is 1.95 bits per heavy atom. The van der Waals surface area contributed by atoms with Gasteiger partial charge in [-0.15, -0.1) is 0 Å². The lowest BCUT2D eigenvalue weighted by molar-refractivity contribution is 0.459. The van der Waals surface area contributed by atoms with Gasteiger partial charge in [0.25, 0.3) is 0 Å². The van der Waals surface area contributed by atoms with Gasteiger partial charge in [0.1, 0.15) is 5.75 Å². The van der Waals surface area contributed by atoms with Gasteiger partial charge in [-0.2, -0.15) is 0 Å². The minimum atomic E-state index is 0.580. The van der Waals surface area contributed by atoms with E-state index < -0.39 is 0 Å². The third kappa shape index (κ3) is 3.96. The van der Waals surface area contributed by atoms with Crippen LogP contribution in [0.4, 0.5) is 0 Å². The van der Waals surface area contributed by atoms with E-state index in [1.165, 1.54) is 18.4 Å². The second-order valence-electron chi connectivity index (χ2n) is 5.33. The standard InChI is InChI=1S/C17H19ClN2O/c1-2-12-3-7-14(8-4-12)21-17-10-9-15(18)16(20-17)11-19-13-5-6-13/h3-4,7-10,13,19H,2,5-6,11H2,1H3. The van der Waals surface area contributed by atoms with Gasteiger partial charge in [-0.3, -0.25) is 0 Å². The first-order valence-electron chi connectivity index (χ1n) is 7.40. The first kappa shape index (κ1) is 14.4. The monoisotopic (exact) mass is 302 g/mol. The highest BCUT2D eigenvalue weighted by Crippen LogP contribution is 2.25. The van der Waals surface area contributed by atoms with E-state index in [1.54, 1.807) is 6.07 Å². The van der Waals surface area contributed by atoms with Crippen LogP contribution < -0.4 is 10.1 Å². The van der Waals surface area contributed by atoms with E-state index in [9.17, 15) is 0 Å². The lowest BCUT2D eigenvalue weighted by Gasteiger charge is -2.09. The first-order chi connectivity index (χ1) is 10.2. The van der Waals surface area contributed by atoms with Crippen LogP contribution in [0.5, 0.6) is 11.6 Å². The second kappa shape index (κ2) is 6.46. The predicted molar refractivity (Wildman–Crippen MR) is 85.0 cm³/mol. The predicted octanol–water partition coefficient (Wildman–Crippen LogP) is 4.34. The molecule has 0 bridgehead atoms. The molecule has 1 aliphatic carbocycles. The zero-order valence-electron chi connectivity index (χ0n) is 12.1. The van der Waals surface area contributed by atoms with Crippen molar-refractivity contribution in [1.29, 1.82) is 0 Å². The van der Waals surface area contributed by atoms with E-state index in [1.807, 2.05) is 18.2 Å². The Balaban J connectivity index is 1.69. The maximum absolute atomic E-state index is 6.18. The lowest BCUT2D eigenvalue weighted by atomic mass is 10.2. The fourth-order valence-electron chi connectivity index (χ4n) is 2.09. The molecule has 1 aliphatic rings. The van der Waals surface area contributed by atoms with Gasteiger partial charge >= 0.3 is 0 Å². The van der Waals surface area contributed by atoms with Gasteiger partial charge in [0, 0.05) is 18.7 Å². The number of halogens is 1. The third-order valence-corrected chi connectivity index (χ3v) is 3.93. The molecule has 1 aromatic heterocycles. The second-order valence-corrected chi connectivity index (χ2v) is 5.74. The van der Waals surface area contributed by atoms with Crippen molar-refractivity contribution < 1.29 is 4.74 Å². The average molecular weight is 303 g/mol. The van der Waals surface area contributed by atoms with Crippen LogP contribution in [0.2, 0.25) is 5.02 Å². The number of aryl methyl sites for hydroxylation is 1. The highest BCUT2D eigenvalue weighted by Gasteiger charge is 2.20. The molecule has 21 heavy (non-hydrogen) atoms. The Kier molecular flexibility index (Phi) is 4.42. The largest absolute Gasteiger partial charge is 0.439 e. The van der Waals surface area contributed by atoms with Gasteiger partial charge in [-0.25, -0.2) is 4.98 Å². The molecule has 0 atom stereocenters. The van der Waals surface area contributed by atoms with Crippen LogP contribution in [0, 0.1) is 0 Å². The number of pyridine rings is 1. The summed E-state index contributed by atoms with van der Waals surface area (Å²) in [7, 11) is 0. The molecule has 110 valence electrons. The van der Waals surface area contributed by atoms with Crippen LogP contribution in [0.25, 0.3) is 0 Å². The molecule has 0 aliphatic heterocycles. The number of ether oxygens (including phenoxy) is 1. The van der Waals surface area contributed by atoms with Crippen molar-refractivity contribution in [3.8, 4) is 11.6 Å². The summed E-state index contributed by atoms with van der Waals surface area (Å²) in [6.45, 7) is 2.82. The summed E-state index contributed by atoms with van der Waals surface area (Å²) in [4.78, 5) is 4.49. The van der Waals surface area contributed by atoms with Gasteiger partial charge in [-0.05, 0) is 43.0 Å². The number of benzene rings is 1. The van der Waals surface area contributed by atoms with Gasteiger partial charge in [0.2, 0.25) is 5.88 Å². The molecule has 3 rings (SSSR count). The number of hydrogen-bond acceptors (Lipinski definition) is 3. The summed E-state index contributed by atoms with van der Waals surface area (Å²) < 4.78 is 5.80. The highest BCUT2D eigenvalue weighted by molar-refractivity contribution is 6.31. The molecule has 4 heteroatoms. The molecule has 1 aromatic carbocycles. The van der Waals surface area contributed by atoms with Crippen molar-refractivity contribution in [2.45, 2.75) is 38.8 Å². The molecule has 1 saturated carbocycles. The third-order valence-electron chi connectivity index (χ3n) is 3.58. The Morgan fingerprint density at radius 1 is 1.19 bits per heavy atom. The van der Waals surface area contributed by atoms with Gasteiger partial charge < -0.3 is 10.1 Å². The van der Waals surface area contributed by atoms with Gasteiger partial charge in [0.05, 0.1) is 10.7 Å². The summed E-state index contributed by atoms with van der Waals surface area (Å²) in [5.74, 6) is 1.37. The zero-order chi connectivity index (χ0) is 14.7. The molecule has 1 heterocycles. The summed E-state index contributed by atoms with van der Waals surface area (Å²) in [5, 5.41) is 4.09. The average Bonchev–Trinajstić information content (AvgIpc) is 3.33. The summed E-state index contributed by atoms with van der Waals surface area (Å²) in [6, 6.07) is 12.4. The Bertz CT molecular complexity index is 609. The van der Waals surface area contributed by atoms with E-state index in [0.29, 0.717) is 23.5 Å². The molecule has 0 radical (unpaired) electrons. The molecule has 0 unspecified atom stereocenters. The van der Waals surface area contributed by atoms with E-state index in [4.69, 9.17) is 16.3 Å². The Labute approximate surface area is 130 Å². The van der Waals surface area contributed by atoms with E-state index in [-0.39, 0.29) is 0 Å². The van der Waals surface area contributed by atoms with Gasteiger partial charge in [-0.1, -0.05) is 30.7 Å². The number of rotatable bonds is 6. The van der Waals surface area contributed by atoms with Crippen molar-refractivity contribution in [2.75, 3.05) is 0 Å². The van der Waals surface area contributed by atoms with Crippen LogP contribution in [-0.2, 0) is 13.0 Å². The van der Waals surface area contributed by atoms with Crippen molar-refractivity contribution in [1.82, 2.24) is 10.3 Å². The maximum atomic E-state index is 6.18. The van der Waals surface area contributed by atoms with E-state index in [2.05, 4.69) is 29.4 Å². The maximum Gasteiger partial charge on any atom is 0.219 e. The molecule has 0 saturated heterocycles. The molecule has 0 spiro atoms. The van der Waals surface area contributed by atoms with E-state index in [0.717, 1.165) is 17.9 Å². The minimum absolute atomic E-state index is 0.580. The quantitative estimate of drug-likeness (QED) is 0.862. The molecule has 2 aromatic rings. The van der Waals surface area contributed by atoms with Crippen LogP contribution in [0.1, 0.15) is 31.0 Å². The van der Waals surface area contributed by atoms with Crippen LogP contribution in [0.15, 0.2) is 36.4 Å². The normalized spacial score (nSPS) is 14.2. The van der Waals surface area contributed by atoms with E-state index >= 15 is 0 Å². The van der Waals surface area contributed by atoms with Gasteiger partial charge in [0.15, 0.2) is 0 Å². The number of aromatic nitrogens is 1. The fourth-order valence-corrected chi connectivity index (χ4v) is 2.26. The highest BCUT2D eigenvalue weighted by atomic mass is 35.5. The first-order valence-corrected chi connectivity index (χ1v) is 7.78. The summed E-state index contributed by atoms with van der Waals surface area (Å²) >= 11 is 6.18. The number of nitrogens with one attached hydrogen (secondary N) is 1. The summed E-state index contributed by atoms with van der Waals surface area (Å²) in [6.07, 6.45) is 3.52. The lowest BCUT2D eigenvalue weighted by Crippen LogP contribution is -2.16. The molecule has 0 amide bonds. The molecule has 1 N–H and O–H groups in total. The number of nitrogens with zero attached hydrogens (tertiary/aromatic N) is 1.